The van der Waals surface area contributed by atoms with Gasteiger partial charge in [0.1, 0.15) is 5.82 Å². The van der Waals surface area contributed by atoms with Crippen LogP contribution >= 0.6 is 0 Å². The van der Waals surface area contributed by atoms with Crippen molar-refractivity contribution in [2.75, 3.05) is 13.6 Å². The summed E-state index contributed by atoms with van der Waals surface area (Å²) in [4.78, 5) is 5.71. The summed E-state index contributed by atoms with van der Waals surface area (Å²) in [6.07, 6.45) is 3.03. The first-order valence-electron chi connectivity index (χ1n) is 7.29. The van der Waals surface area contributed by atoms with E-state index in [1.807, 2.05) is 18.3 Å². The van der Waals surface area contributed by atoms with Crippen molar-refractivity contribution in [1.29, 1.82) is 0 Å². The molecule has 3 heteroatoms. The monoisotopic (exact) mass is 280 g/mol. The first-order valence-corrected chi connectivity index (χ1v) is 7.29. The first kappa shape index (κ1) is 12.6. The van der Waals surface area contributed by atoms with Crippen molar-refractivity contribution in [3.05, 3.63) is 59.5 Å². The summed E-state index contributed by atoms with van der Waals surface area (Å²) in [5, 5.41) is 1.23. The minimum atomic E-state index is -0.185. The van der Waals surface area contributed by atoms with Crippen molar-refractivity contribution in [3.63, 3.8) is 0 Å². The molecular weight excluding hydrogens is 263 g/mol. The predicted molar refractivity (Wildman–Crippen MR) is 83.7 cm³/mol. The maximum absolute atomic E-state index is 13.2. The van der Waals surface area contributed by atoms with Crippen molar-refractivity contribution in [1.82, 2.24) is 9.88 Å². The van der Waals surface area contributed by atoms with Crippen molar-refractivity contribution in [3.8, 4) is 11.1 Å². The van der Waals surface area contributed by atoms with Gasteiger partial charge in [-0.3, -0.25) is 0 Å². The lowest BCUT2D eigenvalue weighted by atomic mass is 9.89. The maximum Gasteiger partial charge on any atom is 0.123 e. The Morgan fingerprint density at radius 2 is 1.90 bits per heavy atom. The van der Waals surface area contributed by atoms with Crippen molar-refractivity contribution >= 4 is 10.9 Å². The summed E-state index contributed by atoms with van der Waals surface area (Å²) in [5.41, 5.74) is 6.35. The van der Waals surface area contributed by atoms with Gasteiger partial charge in [-0.25, -0.2) is 4.39 Å². The molecule has 106 valence electrons. The number of hydrogen-bond donors (Lipinski definition) is 1. The summed E-state index contributed by atoms with van der Waals surface area (Å²) in [7, 11) is 2.16. The lowest BCUT2D eigenvalue weighted by molar-refractivity contribution is 0.314. The normalized spacial score (nSPS) is 15.3. The molecule has 0 bridgehead atoms. The fourth-order valence-corrected chi connectivity index (χ4v) is 3.32. The SMILES string of the molecule is CN1CCc2c(-c3ccc(F)cc3)cc3cc[nH]c3c2C1. The lowest BCUT2D eigenvalue weighted by Crippen LogP contribution is -2.27. The molecule has 0 aliphatic carbocycles. The van der Waals surface area contributed by atoms with Crippen molar-refractivity contribution in [2.24, 2.45) is 0 Å². The molecule has 2 aromatic carbocycles. The Balaban J connectivity index is 1.98. The van der Waals surface area contributed by atoms with Crippen LogP contribution in [0.15, 0.2) is 42.6 Å². The van der Waals surface area contributed by atoms with Gasteiger partial charge in [0.15, 0.2) is 0 Å². The van der Waals surface area contributed by atoms with E-state index in [9.17, 15) is 4.39 Å². The van der Waals surface area contributed by atoms with Crippen LogP contribution in [-0.4, -0.2) is 23.5 Å². The minimum Gasteiger partial charge on any atom is -0.361 e. The quantitative estimate of drug-likeness (QED) is 0.715. The average Bonchev–Trinajstić information content (AvgIpc) is 2.96. The number of rotatable bonds is 1. The number of halogens is 1. The molecule has 0 saturated heterocycles. The molecule has 21 heavy (non-hydrogen) atoms. The minimum absolute atomic E-state index is 0.185. The molecular formula is C18H17FN2. The third kappa shape index (κ3) is 2.05. The van der Waals surface area contributed by atoms with Crippen LogP contribution in [0.2, 0.25) is 0 Å². The summed E-state index contributed by atoms with van der Waals surface area (Å²) in [5.74, 6) is -0.185. The zero-order valence-electron chi connectivity index (χ0n) is 12.0. The topological polar surface area (TPSA) is 19.0 Å². The molecule has 2 heterocycles. The van der Waals surface area contributed by atoms with Gasteiger partial charge in [0, 0.05) is 24.7 Å². The fourth-order valence-electron chi connectivity index (χ4n) is 3.32. The summed E-state index contributed by atoms with van der Waals surface area (Å²) in [6, 6.07) is 11.2. The number of hydrogen-bond acceptors (Lipinski definition) is 1. The Labute approximate surface area is 123 Å². The molecule has 0 fully saturated rings. The zero-order valence-corrected chi connectivity index (χ0v) is 12.0. The second-order valence-corrected chi connectivity index (χ2v) is 5.82. The van der Waals surface area contributed by atoms with Gasteiger partial charge in [-0.1, -0.05) is 12.1 Å². The van der Waals surface area contributed by atoms with E-state index >= 15 is 0 Å². The second-order valence-electron chi connectivity index (χ2n) is 5.82. The number of H-pyrrole nitrogens is 1. The smallest absolute Gasteiger partial charge is 0.123 e. The maximum atomic E-state index is 13.2. The summed E-state index contributed by atoms with van der Waals surface area (Å²) < 4.78 is 13.2. The Kier molecular flexibility index (Phi) is 2.82. The molecule has 1 aliphatic rings. The van der Waals surface area contributed by atoms with Crippen LogP contribution in [-0.2, 0) is 13.0 Å². The van der Waals surface area contributed by atoms with E-state index in [-0.39, 0.29) is 5.82 Å². The van der Waals surface area contributed by atoms with Crippen LogP contribution in [0.5, 0.6) is 0 Å². The van der Waals surface area contributed by atoms with Gasteiger partial charge in [0.2, 0.25) is 0 Å². The van der Waals surface area contributed by atoms with Crippen LogP contribution < -0.4 is 0 Å². The van der Waals surface area contributed by atoms with Crippen LogP contribution in [0.4, 0.5) is 4.39 Å². The van der Waals surface area contributed by atoms with E-state index in [0.717, 1.165) is 25.1 Å². The van der Waals surface area contributed by atoms with E-state index in [0.29, 0.717) is 0 Å². The predicted octanol–water partition coefficient (Wildman–Crippen LogP) is 3.96. The second kappa shape index (κ2) is 4.71. The first-order chi connectivity index (χ1) is 10.2. The van der Waals surface area contributed by atoms with E-state index in [2.05, 4.69) is 29.1 Å². The number of aromatic amines is 1. The Bertz CT molecular complexity index is 802. The molecule has 3 aromatic rings. The van der Waals surface area contributed by atoms with Crippen molar-refractivity contribution in [2.45, 2.75) is 13.0 Å². The molecule has 0 spiro atoms. The number of nitrogens with zero attached hydrogens (tertiary/aromatic N) is 1. The van der Waals surface area contributed by atoms with Crippen molar-refractivity contribution < 1.29 is 4.39 Å². The van der Waals surface area contributed by atoms with Crippen LogP contribution in [0.1, 0.15) is 11.1 Å². The largest absolute Gasteiger partial charge is 0.361 e. The Hall–Kier alpha value is -2.13. The average molecular weight is 280 g/mol. The molecule has 4 rings (SSSR count). The van der Waals surface area contributed by atoms with Gasteiger partial charge in [-0.2, -0.15) is 0 Å². The van der Waals surface area contributed by atoms with Gasteiger partial charge < -0.3 is 9.88 Å². The van der Waals surface area contributed by atoms with Crippen LogP contribution in [0.3, 0.4) is 0 Å². The fraction of sp³-hybridized carbons (Fsp3) is 0.222. The Morgan fingerprint density at radius 3 is 2.71 bits per heavy atom. The van der Waals surface area contributed by atoms with E-state index in [1.54, 1.807) is 0 Å². The highest BCUT2D eigenvalue weighted by atomic mass is 19.1. The molecule has 0 atom stereocenters. The molecule has 1 N–H and O–H groups in total. The van der Waals surface area contributed by atoms with Gasteiger partial charge in [-0.05, 0) is 60.0 Å². The highest BCUT2D eigenvalue weighted by Crippen LogP contribution is 2.35. The number of benzene rings is 2. The molecule has 0 amide bonds. The number of aromatic nitrogens is 1. The third-order valence-electron chi connectivity index (χ3n) is 4.40. The standard InChI is InChI=1S/C18H17FN2/c1-21-9-7-15-16(12-2-4-14(19)5-3-12)10-13-6-8-20-18(13)17(15)11-21/h2-6,8,10,20H,7,9,11H2,1H3. The number of nitrogens with one attached hydrogen (secondary N) is 1. The van der Waals surface area contributed by atoms with Gasteiger partial charge in [0.05, 0.1) is 5.52 Å². The highest BCUT2D eigenvalue weighted by molar-refractivity contribution is 5.90. The molecule has 2 nitrogen and oxygen atoms in total. The van der Waals surface area contributed by atoms with Crippen LogP contribution in [0.25, 0.3) is 22.0 Å². The molecule has 1 aromatic heterocycles. The molecule has 0 saturated carbocycles. The third-order valence-corrected chi connectivity index (χ3v) is 4.40. The summed E-state index contributed by atoms with van der Waals surface area (Å²) in [6.45, 7) is 2.02. The zero-order chi connectivity index (χ0) is 14.4. The summed E-state index contributed by atoms with van der Waals surface area (Å²) >= 11 is 0. The van der Waals surface area contributed by atoms with Gasteiger partial charge >= 0.3 is 0 Å². The highest BCUT2D eigenvalue weighted by Gasteiger charge is 2.20. The van der Waals surface area contributed by atoms with Gasteiger partial charge in [0.25, 0.3) is 0 Å². The number of likely N-dealkylation sites (N-methyl/N-ethyl adjacent to an activating group) is 1. The van der Waals surface area contributed by atoms with E-state index < -0.39 is 0 Å². The molecule has 1 aliphatic heterocycles. The number of fused-ring (bicyclic) bond motifs is 3. The molecule has 0 radical (unpaired) electrons. The van der Waals surface area contributed by atoms with E-state index in [4.69, 9.17) is 0 Å². The molecule has 0 unspecified atom stereocenters. The van der Waals surface area contributed by atoms with Gasteiger partial charge in [-0.15, -0.1) is 0 Å². The lowest BCUT2D eigenvalue weighted by Gasteiger charge is -2.27. The van der Waals surface area contributed by atoms with Crippen LogP contribution in [0, 0.1) is 5.82 Å². The van der Waals surface area contributed by atoms with E-state index in [1.165, 1.54) is 39.7 Å². The Morgan fingerprint density at radius 1 is 1.10 bits per heavy atom.